The SMILES string of the molecule is CCOCCn1c(CCCl)nc2cc(Cl)c(F)cc21. The Hall–Kier alpha value is -0.840. The molecule has 0 saturated carbocycles. The molecule has 2 aromatic rings. The van der Waals surface area contributed by atoms with Crippen LogP contribution in [-0.2, 0) is 17.7 Å². The normalized spacial score (nSPS) is 11.4. The summed E-state index contributed by atoms with van der Waals surface area (Å²) in [5.41, 5.74) is 1.41. The molecule has 0 aliphatic rings. The van der Waals surface area contributed by atoms with Gasteiger partial charge in [-0.2, -0.15) is 0 Å². The third-order valence-corrected chi connectivity index (χ3v) is 3.33. The first-order valence-electron chi connectivity index (χ1n) is 6.15. The first-order chi connectivity index (χ1) is 9.17. The number of aryl methyl sites for hydroxylation is 1. The highest BCUT2D eigenvalue weighted by molar-refractivity contribution is 6.31. The standard InChI is InChI=1S/C13H15Cl2FN2O/c1-2-19-6-5-18-12-8-10(16)9(15)7-11(12)17-13(18)3-4-14/h7-8H,2-6H2,1H3. The van der Waals surface area contributed by atoms with E-state index >= 15 is 0 Å². The lowest BCUT2D eigenvalue weighted by Crippen LogP contribution is -2.10. The molecule has 3 nitrogen and oxygen atoms in total. The number of ether oxygens (including phenoxy) is 1. The fourth-order valence-corrected chi connectivity index (χ4v) is 2.32. The highest BCUT2D eigenvalue weighted by Crippen LogP contribution is 2.24. The number of benzene rings is 1. The predicted octanol–water partition coefficient (Wildman–Crippen LogP) is 3.65. The minimum absolute atomic E-state index is 0.0828. The van der Waals surface area contributed by atoms with E-state index in [0.29, 0.717) is 37.6 Å². The zero-order valence-electron chi connectivity index (χ0n) is 10.6. The topological polar surface area (TPSA) is 27.1 Å². The molecule has 0 aliphatic heterocycles. The average Bonchev–Trinajstić information content (AvgIpc) is 2.69. The second kappa shape index (κ2) is 6.55. The number of aromatic nitrogens is 2. The van der Waals surface area contributed by atoms with Gasteiger partial charge in [-0.05, 0) is 13.0 Å². The molecule has 0 atom stereocenters. The number of halogens is 3. The number of imidazole rings is 1. The molecule has 0 aliphatic carbocycles. The highest BCUT2D eigenvalue weighted by atomic mass is 35.5. The van der Waals surface area contributed by atoms with Gasteiger partial charge in [-0.1, -0.05) is 11.6 Å². The summed E-state index contributed by atoms with van der Waals surface area (Å²) in [6.07, 6.45) is 0.627. The van der Waals surface area contributed by atoms with Crippen molar-refractivity contribution in [3.05, 3.63) is 28.8 Å². The van der Waals surface area contributed by atoms with Crippen LogP contribution in [-0.4, -0.2) is 28.6 Å². The number of nitrogens with zero attached hydrogens (tertiary/aromatic N) is 2. The van der Waals surface area contributed by atoms with Crippen molar-refractivity contribution in [3.63, 3.8) is 0 Å². The molecule has 1 aromatic carbocycles. The van der Waals surface area contributed by atoms with E-state index in [1.807, 2.05) is 11.5 Å². The number of alkyl halides is 1. The molecule has 0 saturated heterocycles. The summed E-state index contributed by atoms with van der Waals surface area (Å²) in [6, 6.07) is 2.95. The molecule has 2 rings (SSSR count). The number of hydrogen-bond donors (Lipinski definition) is 0. The Morgan fingerprint density at radius 3 is 2.89 bits per heavy atom. The van der Waals surface area contributed by atoms with Crippen molar-refractivity contribution in [1.29, 1.82) is 0 Å². The van der Waals surface area contributed by atoms with E-state index in [0.717, 1.165) is 11.3 Å². The van der Waals surface area contributed by atoms with E-state index in [1.54, 1.807) is 6.07 Å². The van der Waals surface area contributed by atoms with Crippen molar-refractivity contribution in [2.45, 2.75) is 19.9 Å². The Labute approximate surface area is 121 Å². The summed E-state index contributed by atoms with van der Waals surface area (Å²) in [4.78, 5) is 4.45. The summed E-state index contributed by atoms with van der Waals surface area (Å²) in [5, 5.41) is 0.0828. The lowest BCUT2D eigenvalue weighted by atomic mass is 10.3. The fraction of sp³-hybridized carbons (Fsp3) is 0.462. The van der Waals surface area contributed by atoms with Crippen LogP contribution in [0.5, 0.6) is 0 Å². The molecule has 0 spiro atoms. The zero-order chi connectivity index (χ0) is 13.8. The van der Waals surface area contributed by atoms with E-state index in [2.05, 4.69) is 4.98 Å². The number of rotatable bonds is 6. The highest BCUT2D eigenvalue weighted by Gasteiger charge is 2.13. The quantitative estimate of drug-likeness (QED) is 0.602. The smallest absolute Gasteiger partial charge is 0.144 e. The molecule has 6 heteroatoms. The van der Waals surface area contributed by atoms with Crippen molar-refractivity contribution in [1.82, 2.24) is 9.55 Å². The van der Waals surface area contributed by atoms with Crippen molar-refractivity contribution in [2.75, 3.05) is 19.1 Å². The minimum atomic E-state index is -0.441. The molecule has 1 aromatic heterocycles. The molecule has 0 bridgehead atoms. The van der Waals surface area contributed by atoms with Crippen LogP contribution in [0.25, 0.3) is 11.0 Å². The van der Waals surface area contributed by atoms with Gasteiger partial charge in [-0.3, -0.25) is 0 Å². The lowest BCUT2D eigenvalue weighted by molar-refractivity contribution is 0.139. The maximum Gasteiger partial charge on any atom is 0.144 e. The van der Waals surface area contributed by atoms with Gasteiger partial charge >= 0.3 is 0 Å². The van der Waals surface area contributed by atoms with Gasteiger partial charge in [0.25, 0.3) is 0 Å². The molecule has 104 valence electrons. The van der Waals surface area contributed by atoms with Crippen LogP contribution in [0.2, 0.25) is 5.02 Å². The van der Waals surface area contributed by atoms with Crippen LogP contribution in [0.1, 0.15) is 12.7 Å². The Kier molecular flexibility index (Phi) is 5.02. The largest absolute Gasteiger partial charge is 0.380 e. The summed E-state index contributed by atoms with van der Waals surface area (Å²) in [7, 11) is 0. The van der Waals surface area contributed by atoms with Gasteiger partial charge in [0.1, 0.15) is 11.6 Å². The predicted molar refractivity (Wildman–Crippen MR) is 75.6 cm³/mol. The van der Waals surface area contributed by atoms with E-state index in [4.69, 9.17) is 27.9 Å². The summed E-state index contributed by atoms with van der Waals surface area (Å²) >= 11 is 11.6. The molecule has 19 heavy (non-hydrogen) atoms. The first kappa shape index (κ1) is 14.6. The van der Waals surface area contributed by atoms with Crippen LogP contribution in [0.3, 0.4) is 0 Å². The van der Waals surface area contributed by atoms with E-state index in [1.165, 1.54) is 6.07 Å². The van der Waals surface area contributed by atoms with Crippen LogP contribution in [0.15, 0.2) is 12.1 Å². The fourth-order valence-electron chi connectivity index (χ4n) is 2.00. The summed E-state index contributed by atoms with van der Waals surface area (Å²) in [6.45, 7) is 3.77. The van der Waals surface area contributed by atoms with Gasteiger partial charge in [0.15, 0.2) is 0 Å². The van der Waals surface area contributed by atoms with E-state index < -0.39 is 5.82 Å². The Bertz CT molecular complexity index is 571. The van der Waals surface area contributed by atoms with Gasteiger partial charge in [0.05, 0.1) is 22.7 Å². The lowest BCUT2D eigenvalue weighted by Gasteiger charge is -2.08. The minimum Gasteiger partial charge on any atom is -0.380 e. The average molecular weight is 305 g/mol. The maximum atomic E-state index is 13.6. The molecule has 0 fully saturated rings. The van der Waals surface area contributed by atoms with Gasteiger partial charge in [0, 0.05) is 31.5 Å². The molecule has 0 amide bonds. The Balaban J connectivity index is 2.43. The van der Waals surface area contributed by atoms with Crippen LogP contribution < -0.4 is 0 Å². The molecular formula is C13H15Cl2FN2O. The van der Waals surface area contributed by atoms with Crippen molar-refractivity contribution in [2.24, 2.45) is 0 Å². The van der Waals surface area contributed by atoms with Crippen LogP contribution >= 0.6 is 23.2 Å². The van der Waals surface area contributed by atoms with Crippen LogP contribution in [0.4, 0.5) is 4.39 Å². The zero-order valence-corrected chi connectivity index (χ0v) is 12.1. The first-order valence-corrected chi connectivity index (χ1v) is 7.06. The van der Waals surface area contributed by atoms with E-state index in [-0.39, 0.29) is 5.02 Å². The molecule has 1 heterocycles. The van der Waals surface area contributed by atoms with Gasteiger partial charge < -0.3 is 9.30 Å². The van der Waals surface area contributed by atoms with Gasteiger partial charge in [0.2, 0.25) is 0 Å². The molecule has 0 unspecified atom stereocenters. The maximum absolute atomic E-state index is 13.6. The van der Waals surface area contributed by atoms with Crippen molar-refractivity contribution in [3.8, 4) is 0 Å². The number of fused-ring (bicyclic) bond motifs is 1. The summed E-state index contributed by atoms with van der Waals surface area (Å²) < 4.78 is 20.9. The molecular weight excluding hydrogens is 290 g/mol. The number of hydrogen-bond acceptors (Lipinski definition) is 2. The van der Waals surface area contributed by atoms with Gasteiger partial charge in [-0.15, -0.1) is 11.6 Å². The van der Waals surface area contributed by atoms with Crippen molar-refractivity contribution >= 4 is 34.2 Å². The van der Waals surface area contributed by atoms with E-state index in [9.17, 15) is 4.39 Å². The summed E-state index contributed by atoms with van der Waals surface area (Å²) in [5.74, 6) is 0.851. The third kappa shape index (κ3) is 3.19. The molecule has 0 N–H and O–H groups in total. The van der Waals surface area contributed by atoms with Gasteiger partial charge in [-0.25, -0.2) is 9.37 Å². The third-order valence-electron chi connectivity index (χ3n) is 2.85. The molecule has 0 radical (unpaired) electrons. The monoisotopic (exact) mass is 304 g/mol. The van der Waals surface area contributed by atoms with Crippen molar-refractivity contribution < 1.29 is 9.13 Å². The van der Waals surface area contributed by atoms with Crippen LogP contribution in [0, 0.1) is 5.82 Å². The second-order valence-electron chi connectivity index (χ2n) is 4.07. The Morgan fingerprint density at radius 2 is 2.21 bits per heavy atom. The second-order valence-corrected chi connectivity index (χ2v) is 4.86. The Morgan fingerprint density at radius 1 is 1.42 bits per heavy atom.